The van der Waals surface area contributed by atoms with Crippen LogP contribution in [-0.2, 0) is 6.54 Å². The van der Waals surface area contributed by atoms with E-state index < -0.39 is 0 Å². The van der Waals surface area contributed by atoms with Crippen molar-refractivity contribution < 1.29 is 0 Å². The summed E-state index contributed by atoms with van der Waals surface area (Å²) in [5, 5.41) is 0. The van der Waals surface area contributed by atoms with Crippen molar-refractivity contribution in [3.05, 3.63) is 58.1 Å². The summed E-state index contributed by atoms with van der Waals surface area (Å²) in [4.78, 5) is 20.5. The highest BCUT2D eigenvalue weighted by Crippen LogP contribution is 2.12. The standard InChI is InChI=1S/C14H18N4O/c1-11-16-13(9-14(19)17-11)18(8-7-15)10-12-5-3-2-4-6-12/h2-6,9H,7-8,10,15H2,1H3,(H,16,17,19). The molecule has 0 saturated heterocycles. The zero-order valence-electron chi connectivity index (χ0n) is 11.0. The number of aromatic nitrogens is 2. The summed E-state index contributed by atoms with van der Waals surface area (Å²) < 4.78 is 0. The smallest absolute Gasteiger partial charge is 0.252 e. The molecule has 2 rings (SSSR count). The molecule has 0 atom stereocenters. The highest BCUT2D eigenvalue weighted by Gasteiger charge is 2.09. The van der Waals surface area contributed by atoms with Crippen molar-refractivity contribution in [2.45, 2.75) is 13.5 Å². The number of hydrogen-bond acceptors (Lipinski definition) is 4. The average molecular weight is 258 g/mol. The number of benzene rings is 1. The second-order valence-electron chi connectivity index (χ2n) is 4.38. The number of nitrogens with zero attached hydrogens (tertiary/aromatic N) is 2. The van der Waals surface area contributed by atoms with Gasteiger partial charge in [-0.2, -0.15) is 0 Å². The van der Waals surface area contributed by atoms with Gasteiger partial charge in [-0.15, -0.1) is 0 Å². The van der Waals surface area contributed by atoms with Gasteiger partial charge in [0.1, 0.15) is 11.6 Å². The molecule has 0 fully saturated rings. The lowest BCUT2D eigenvalue weighted by atomic mass is 10.2. The van der Waals surface area contributed by atoms with Crippen LogP contribution in [0.15, 0.2) is 41.2 Å². The molecule has 19 heavy (non-hydrogen) atoms. The van der Waals surface area contributed by atoms with E-state index in [-0.39, 0.29) is 5.56 Å². The van der Waals surface area contributed by atoms with Crippen molar-refractivity contribution in [2.24, 2.45) is 5.73 Å². The van der Waals surface area contributed by atoms with E-state index in [0.717, 1.165) is 5.56 Å². The molecule has 1 heterocycles. The van der Waals surface area contributed by atoms with E-state index in [0.29, 0.717) is 31.3 Å². The summed E-state index contributed by atoms with van der Waals surface area (Å²) in [6.07, 6.45) is 0. The number of aryl methyl sites for hydroxylation is 1. The lowest BCUT2D eigenvalue weighted by molar-refractivity contribution is 0.767. The Balaban J connectivity index is 2.26. The van der Waals surface area contributed by atoms with E-state index in [2.05, 4.69) is 9.97 Å². The molecular formula is C14H18N4O. The molecule has 3 N–H and O–H groups in total. The zero-order chi connectivity index (χ0) is 13.7. The molecule has 5 heteroatoms. The van der Waals surface area contributed by atoms with Crippen LogP contribution in [0.1, 0.15) is 11.4 Å². The average Bonchev–Trinajstić information content (AvgIpc) is 2.38. The second-order valence-corrected chi connectivity index (χ2v) is 4.38. The molecule has 0 aliphatic carbocycles. The summed E-state index contributed by atoms with van der Waals surface area (Å²) in [6.45, 7) is 3.63. The molecule has 1 aromatic carbocycles. The third kappa shape index (κ3) is 3.66. The normalized spacial score (nSPS) is 10.4. The number of nitrogens with two attached hydrogens (primary N) is 1. The Bertz CT molecular complexity index is 579. The van der Waals surface area contributed by atoms with Gasteiger partial charge in [-0.25, -0.2) is 4.98 Å². The van der Waals surface area contributed by atoms with Gasteiger partial charge in [-0.05, 0) is 12.5 Å². The summed E-state index contributed by atoms with van der Waals surface area (Å²) >= 11 is 0. The molecule has 100 valence electrons. The van der Waals surface area contributed by atoms with Gasteiger partial charge < -0.3 is 15.6 Å². The van der Waals surface area contributed by atoms with Crippen molar-refractivity contribution in [3.63, 3.8) is 0 Å². The first-order chi connectivity index (χ1) is 9.19. The van der Waals surface area contributed by atoms with E-state index in [9.17, 15) is 4.79 Å². The van der Waals surface area contributed by atoms with Crippen LogP contribution in [0.25, 0.3) is 0 Å². The lowest BCUT2D eigenvalue weighted by Gasteiger charge is -2.23. The summed E-state index contributed by atoms with van der Waals surface area (Å²) in [6, 6.07) is 11.6. The van der Waals surface area contributed by atoms with Gasteiger partial charge in [0.2, 0.25) is 0 Å². The molecule has 0 saturated carbocycles. The van der Waals surface area contributed by atoms with Crippen molar-refractivity contribution in [3.8, 4) is 0 Å². The Kier molecular flexibility index (Phi) is 4.30. The highest BCUT2D eigenvalue weighted by atomic mass is 16.1. The molecule has 0 bridgehead atoms. The molecule has 2 aromatic rings. The molecular weight excluding hydrogens is 240 g/mol. The van der Waals surface area contributed by atoms with E-state index in [1.807, 2.05) is 35.2 Å². The topological polar surface area (TPSA) is 75.0 Å². The van der Waals surface area contributed by atoms with Crippen LogP contribution < -0.4 is 16.2 Å². The number of H-pyrrole nitrogens is 1. The van der Waals surface area contributed by atoms with Crippen LogP contribution in [0.2, 0.25) is 0 Å². The first-order valence-electron chi connectivity index (χ1n) is 6.26. The van der Waals surface area contributed by atoms with Crippen LogP contribution in [0.4, 0.5) is 5.82 Å². The maximum atomic E-state index is 11.5. The SMILES string of the molecule is Cc1nc(N(CCN)Cc2ccccc2)cc(=O)[nH]1. The van der Waals surface area contributed by atoms with Crippen molar-refractivity contribution in [2.75, 3.05) is 18.0 Å². The Labute approximate surface area is 112 Å². The minimum Gasteiger partial charge on any atom is -0.351 e. The molecule has 5 nitrogen and oxygen atoms in total. The maximum Gasteiger partial charge on any atom is 0.252 e. The summed E-state index contributed by atoms with van der Waals surface area (Å²) in [5.74, 6) is 1.27. The highest BCUT2D eigenvalue weighted by molar-refractivity contribution is 5.38. The largest absolute Gasteiger partial charge is 0.351 e. The maximum absolute atomic E-state index is 11.5. The predicted molar refractivity (Wildman–Crippen MR) is 76.1 cm³/mol. The van der Waals surface area contributed by atoms with E-state index in [4.69, 9.17) is 5.73 Å². The van der Waals surface area contributed by atoms with Crippen molar-refractivity contribution in [1.82, 2.24) is 9.97 Å². The third-order valence-corrected chi connectivity index (χ3v) is 2.79. The Morgan fingerprint density at radius 1 is 1.32 bits per heavy atom. The van der Waals surface area contributed by atoms with E-state index in [1.165, 1.54) is 6.07 Å². The monoisotopic (exact) mass is 258 g/mol. The second kappa shape index (κ2) is 6.15. The molecule has 0 unspecified atom stereocenters. The number of anilines is 1. The van der Waals surface area contributed by atoms with Crippen LogP contribution in [-0.4, -0.2) is 23.1 Å². The van der Waals surface area contributed by atoms with E-state index >= 15 is 0 Å². The van der Waals surface area contributed by atoms with Crippen LogP contribution >= 0.6 is 0 Å². The molecule has 0 radical (unpaired) electrons. The third-order valence-electron chi connectivity index (χ3n) is 2.79. The Hall–Kier alpha value is -2.14. The van der Waals surface area contributed by atoms with Crippen LogP contribution in [0.5, 0.6) is 0 Å². The fourth-order valence-electron chi connectivity index (χ4n) is 1.96. The first-order valence-corrected chi connectivity index (χ1v) is 6.26. The molecule has 0 amide bonds. The van der Waals surface area contributed by atoms with Gasteiger partial charge in [-0.3, -0.25) is 4.79 Å². The van der Waals surface area contributed by atoms with E-state index in [1.54, 1.807) is 6.92 Å². The molecule has 0 aliphatic rings. The number of rotatable bonds is 5. The predicted octanol–water partition coefficient (Wildman–Crippen LogP) is 1.04. The van der Waals surface area contributed by atoms with Gasteiger partial charge in [-0.1, -0.05) is 30.3 Å². The van der Waals surface area contributed by atoms with Gasteiger partial charge in [0.05, 0.1) is 0 Å². The first kappa shape index (κ1) is 13.3. The van der Waals surface area contributed by atoms with Crippen molar-refractivity contribution in [1.29, 1.82) is 0 Å². The number of nitrogens with one attached hydrogen (secondary N) is 1. The molecule has 0 aliphatic heterocycles. The Morgan fingerprint density at radius 3 is 2.68 bits per heavy atom. The molecule has 1 aromatic heterocycles. The van der Waals surface area contributed by atoms with Gasteiger partial charge >= 0.3 is 0 Å². The summed E-state index contributed by atoms with van der Waals surface area (Å²) in [5.41, 5.74) is 6.66. The van der Waals surface area contributed by atoms with Crippen LogP contribution in [0.3, 0.4) is 0 Å². The van der Waals surface area contributed by atoms with Crippen LogP contribution in [0, 0.1) is 6.92 Å². The van der Waals surface area contributed by atoms with Gasteiger partial charge in [0.15, 0.2) is 0 Å². The minimum absolute atomic E-state index is 0.141. The fraction of sp³-hybridized carbons (Fsp3) is 0.286. The summed E-state index contributed by atoms with van der Waals surface area (Å²) in [7, 11) is 0. The molecule has 0 spiro atoms. The Morgan fingerprint density at radius 2 is 2.05 bits per heavy atom. The number of hydrogen-bond donors (Lipinski definition) is 2. The van der Waals surface area contributed by atoms with Crippen molar-refractivity contribution >= 4 is 5.82 Å². The quantitative estimate of drug-likeness (QED) is 0.840. The van der Waals surface area contributed by atoms with Gasteiger partial charge in [0, 0.05) is 25.7 Å². The minimum atomic E-state index is -0.141. The zero-order valence-corrected chi connectivity index (χ0v) is 11.0. The lowest BCUT2D eigenvalue weighted by Crippen LogP contribution is -2.31. The number of aromatic amines is 1. The van der Waals surface area contributed by atoms with Gasteiger partial charge in [0.25, 0.3) is 5.56 Å². The fourth-order valence-corrected chi connectivity index (χ4v) is 1.96.